The Balaban J connectivity index is 1.85. The largest absolute Gasteiger partial charge is 0.389 e. The van der Waals surface area contributed by atoms with Gasteiger partial charge in [0.05, 0.1) is 0 Å². The molecule has 2 heterocycles. The van der Waals surface area contributed by atoms with Crippen LogP contribution in [0.2, 0.25) is 6.04 Å². The van der Waals surface area contributed by atoms with Crippen molar-refractivity contribution in [2.24, 2.45) is 0 Å². The van der Waals surface area contributed by atoms with Crippen LogP contribution in [-0.2, 0) is 0 Å². The second kappa shape index (κ2) is 7.08. The van der Waals surface area contributed by atoms with Gasteiger partial charge in [0.15, 0.2) is 0 Å². The quantitative estimate of drug-likeness (QED) is 0.717. The van der Waals surface area contributed by atoms with Gasteiger partial charge in [-0.05, 0) is 64.3 Å². The standard InChI is InChI=1S/C13H24F3N2Si/c14-13(15,16)7-6-12-19(18-10-4-5-11-18)17-8-2-1-3-9-17/h1-12H2. The summed E-state index contributed by atoms with van der Waals surface area (Å²) in [5.74, 6) is 0. The predicted molar refractivity (Wildman–Crippen MR) is 72.1 cm³/mol. The lowest BCUT2D eigenvalue weighted by Gasteiger charge is -2.38. The molecule has 2 aliphatic rings. The van der Waals surface area contributed by atoms with E-state index in [4.69, 9.17) is 0 Å². The summed E-state index contributed by atoms with van der Waals surface area (Å²) in [4.78, 5) is 0. The number of halogens is 3. The van der Waals surface area contributed by atoms with Crippen LogP contribution >= 0.6 is 0 Å². The minimum Gasteiger partial charge on any atom is -0.312 e. The van der Waals surface area contributed by atoms with Gasteiger partial charge in [0.25, 0.3) is 0 Å². The normalized spacial score (nSPS) is 23.4. The summed E-state index contributed by atoms with van der Waals surface area (Å²) >= 11 is 0. The molecule has 0 aromatic heterocycles. The first-order valence-corrected chi connectivity index (χ1v) is 9.09. The molecule has 6 heteroatoms. The van der Waals surface area contributed by atoms with Crippen molar-refractivity contribution in [3.8, 4) is 0 Å². The highest BCUT2D eigenvalue weighted by Crippen LogP contribution is 2.26. The lowest BCUT2D eigenvalue weighted by atomic mass is 10.2. The van der Waals surface area contributed by atoms with Crippen molar-refractivity contribution in [2.45, 2.75) is 57.2 Å². The molecule has 0 aromatic carbocycles. The topological polar surface area (TPSA) is 6.48 Å². The van der Waals surface area contributed by atoms with Crippen LogP contribution in [-0.4, -0.2) is 50.6 Å². The maximum Gasteiger partial charge on any atom is 0.389 e. The number of hydrogen-bond donors (Lipinski definition) is 0. The van der Waals surface area contributed by atoms with Crippen molar-refractivity contribution in [1.29, 1.82) is 0 Å². The number of piperidine rings is 1. The van der Waals surface area contributed by atoms with Crippen LogP contribution in [0.3, 0.4) is 0 Å². The second-order valence-corrected chi connectivity index (χ2v) is 8.22. The lowest BCUT2D eigenvalue weighted by molar-refractivity contribution is -0.134. The van der Waals surface area contributed by atoms with Gasteiger partial charge in [0.1, 0.15) is 0 Å². The zero-order valence-electron chi connectivity index (χ0n) is 11.5. The minimum atomic E-state index is -3.99. The first-order valence-electron chi connectivity index (χ1n) is 7.49. The second-order valence-electron chi connectivity index (χ2n) is 5.63. The van der Waals surface area contributed by atoms with Gasteiger partial charge in [0.2, 0.25) is 9.12 Å². The molecular formula is C13H24F3N2Si. The molecule has 19 heavy (non-hydrogen) atoms. The van der Waals surface area contributed by atoms with Crippen LogP contribution in [0, 0.1) is 0 Å². The molecule has 0 spiro atoms. The monoisotopic (exact) mass is 293 g/mol. The molecule has 0 unspecified atom stereocenters. The van der Waals surface area contributed by atoms with Crippen LogP contribution < -0.4 is 0 Å². The number of nitrogens with zero attached hydrogens (tertiary/aromatic N) is 2. The van der Waals surface area contributed by atoms with Crippen LogP contribution in [0.1, 0.15) is 44.9 Å². The Morgan fingerprint density at radius 3 is 1.74 bits per heavy atom. The molecule has 2 fully saturated rings. The van der Waals surface area contributed by atoms with Gasteiger partial charge in [-0.25, -0.2) is 0 Å². The van der Waals surface area contributed by atoms with Gasteiger partial charge in [0, 0.05) is 6.42 Å². The summed E-state index contributed by atoms with van der Waals surface area (Å²) in [5.41, 5.74) is 0. The van der Waals surface area contributed by atoms with E-state index in [1.54, 1.807) is 0 Å². The molecule has 2 aliphatic heterocycles. The Hall–Kier alpha value is -0.0731. The third-order valence-corrected chi connectivity index (χ3v) is 7.21. The highest BCUT2D eigenvalue weighted by molar-refractivity contribution is 6.52. The SMILES string of the molecule is FC(F)(F)CCC[Si](N1CCCCC1)N1CCCC1. The van der Waals surface area contributed by atoms with Gasteiger partial charge in [-0.3, -0.25) is 0 Å². The van der Waals surface area contributed by atoms with E-state index in [9.17, 15) is 13.2 Å². The van der Waals surface area contributed by atoms with E-state index in [-0.39, 0.29) is 0 Å². The molecular weight excluding hydrogens is 269 g/mol. The van der Waals surface area contributed by atoms with Gasteiger partial charge in [-0.2, -0.15) is 13.2 Å². The molecule has 2 rings (SSSR count). The first-order chi connectivity index (χ1) is 9.06. The van der Waals surface area contributed by atoms with E-state index >= 15 is 0 Å². The zero-order chi connectivity index (χ0) is 13.7. The lowest BCUT2D eigenvalue weighted by Crippen LogP contribution is -2.53. The molecule has 2 saturated heterocycles. The summed E-state index contributed by atoms with van der Waals surface area (Å²) in [6, 6.07) is 0.768. The molecule has 0 saturated carbocycles. The summed E-state index contributed by atoms with van der Waals surface area (Å²) in [6.45, 7) is 4.43. The summed E-state index contributed by atoms with van der Waals surface area (Å²) in [6.07, 6.45) is 1.90. The van der Waals surface area contributed by atoms with Crippen LogP contribution in [0.25, 0.3) is 0 Å². The van der Waals surface area contributed by atoms with Gasteiger partial charge < -0.3 is 9.13 Å². The Bertz CT molecular complexity index is 261. The maximum absolute atomic E-state index is 12.3. The maximum atomic E-state index is 12.3. The molecule has 111 valence electrons. The van der Waals surface area contributed by atoms with Crippen molar-refractivity contribution in [2.75, 3.05) is 26.2 Å². The Morgan fingerprint density at radius 2 is 1.26 bits per heavy atom. The third-order valence-electron chi connectivity index (χ3n) is 4.05. The fraction of sp³-hybridized carbons (Fsp3) is 1.00. The average Bonchev–Trinajstić information content (AvgIpc) is 2.88. The van der Waals surface area contributed by atoms with Gasteiger partial charge in [-0.15, -0.1) is 0 Å². The average molecular weight is 293 g/mol. The number of hydrogen-bond acceptors (Lipinski definition) is 2. The minimum absolute atomic E-state index is 0.310. The van der Waals surface area contributed by atoms with Crippen LogP contribution in [0.5, 0.6) is 0 Å². The van der Waals surface area contributed by atoms with Gasteiger partial charge in [-0.1, -0.05) is 6.42 Å². The Morgan fingerprint density at radius 1 is 0.789 bits per heavy atom. The van der Waals surface area contributed by atoms with E-state index in [0.717, 1.165) is 32.2 Å². The first kappa shape index (κ1) is 15.3. The van der Waals surface area contributed by atoms with Gasteiger partial charge >= 0.3 is 6.18 Å². The van der Waals surface area contributed by atoms with E-state index in [2.05, 4.69) is 9.13 Å². The zero-order valence-corrected chi connectivity index (χ0v) is 12.5. The third kappa shape index (κ3) is 5.08. The van der Waals surface area contributed by atoms with Crippen molar-refractivity contribution >= 4 is 9.12 Å². The van der Waals surface area contributed by atoms with Crippen molar-refractivity contribution < 1.29 is 13.2 Å². The summed E-state index contributed by atoms with van der Waals surface area (Å²) in [5, 5.41) is 0. The number of rotatable bonds is 5. The van der Waals surface area contributed by atoms with Crippen LogP contribution in [0.4, 0.5) is 13.2 Å². The van der Waals surface area contributed by atoms with Crippen molar-refractivity contribution in [3.63, 3.8) is 0 Å². The van der Waals surface area contributed by atoms with Crippen molar-refractivity contribution in [1.82, 2.24) is 9.13 Å². The molecule has 2 nitrogen and oxygen atoms in total. The summed E-state index contributed by atoms with van der Waals surface area (Å²) in [7, 11) is -0.878. The Labute approximate surface area is 115 Å². The van der Waals surface area contributed by atoms with E-state index in [1.807, 2.05) is 0 Å². The summed E-state index contributed by atoms with van der Waals surface area (Å²) < 4.78 is 42.0. The number of alkyl halides is 3. The molecule has 0 amide bonds. The smallest absolute Gasteiger partial charge is 0.312 e. The fourth-order valence-corrected chi connectivity index (χ4v) is 6.28. The molecule has 0 bridgehead atoms. The van der Waals surface area contributed by atoms with E-state index in [1.165, 1.54) is 32.1 Å². The van der Waals surface area contributed by atoms with E-state index < -0.39 is 21.7 Å². The predicted octanol–water partition coefficient (Wildman–Crippen LogP) is 3.40. The molecule has 0 N–H and O–H groups in total. The highest BCUT2D eigenvalue weighted by Gasteiger charge is 2.33. The highest BCUT2D eigenvalue weighted by atomic mass is 28.3. The fourth-order valence-electron chi connectivity index (χ4n) is 3.09. The Kier molecular flexibility index (Phi) is 5.71. The molecule has 0 aromatic rings. The molecule has 0 aliphatic carbocycles. The molecule has 1 radical (unpaired) electrons. The van der Waals surface area contributed by atoms with Crippen molar-refractivity contribution in [3.05, 3.63) is 0 Å². The van der Waals surface area contributed by atoms with E-state index in [0.29, 0.717) is 6.42 Å². The van der Waals surface area contributed by atoms with Crippen LogP contribution in [0.15, 0.2) is 0 Å². The molecule has 0 atom stereocenters.